The summed E-state index contributed by atoms with van der Waals surface area (Å²) in [7, 11) is 0. The van der Waals surface area contributed by atoms with Crippen LogP contribution >= 0.6 is 11.3 Å². The van der Waals surface area contributed by atoms with Gasteiger partial charge in [-0.3, -0.25) is 9.69 Å². The molecule has 5 heteroatoms. The largest absolute Gasteiger partial charge is 0.348 e. The molecule has 6 rings (SSSR count). The molecule has 5 aromatic rings. The van der Waals surface area contributed by atoms with Crippen LogP contribution in [0.2, 0.25) is 0 Å². The van der Waals surface area contributed by atoms with Crippen LogP contribution in [0.5, 0.6) is 0 Å². The van der Waals surface area contributed by atoms with Gasteiger partial charge < -0.3 is 5.32 Å². The molecule has 190 valence electrons. The highest BCUT2D eigenvalue weighted by atomic mass is 32.1. The third-order valence-corrected chi connectivity index (χ3v) is 8.39. The lowest BCUT2D eigenvalue weighted by atomic mass is 10.00. The average molecular weight is 518 g/mol. The predicted molar refractivity (Wildman–Crippen MR) is 157 cm³/mol. The number of carbonyl (C=O) groups is 1. The van der Waals surface area contributed by atoms with Gasteiger partial charge in [0.1, 0.15) is 0 Å². The zero-order valence-corrected chi connectivity index (χ0v) is 22.3. The van der Waals surface area contributed by atoms with Gasteiger partial charge in [-0.1, -0.05) is 78.9 Å². The summed E-state index contributed by atoms with van der Waals surface area (Å²) in [4.78, 5) is 22.6. The van der Waals surface area contributed by atoms with Crippen molar-refractivity contribution < 1.29 is 4.79 Å². The van der Waals surface area contributed by atoms with Crippen LogP contribution < -0.4 is 5.32 Å². The van der Waals surface area contributed by atoms with Crippen LogP contribution in [0, 0.1) is 0 Å². The third kappa shape index (κ3) is 5.00. The number of pyridine rings is 1. The normalized spacial score (nSPS) is 15.4. The number of aromatic nitrogens is 1. The van der Waals surface area contributed by atoms with Crippen molar-refractivity contribution in [2.24, 2.45) is 0 Å². The number of likely N-dealkylation sites (tertiary alicyclic amines) is 1. The first-order valence-electron chi connectivity index (χ1n) is 13.3. The zero-order valence-electron chi connectivity index (χ0n) is 21.5. The first kappa shape index (κ1) is 24.5. The Morgan fingerprint density at radius 2 is 1.53 bits per heavy atom. The molecule has 2 atom stereocenters. The standard InChI is InChI=1S/C33H31N3OS/c1-23(32(31-14-9-21-38-31)36-19-7-8-20-36)34-33(37)28-22-30(35-29-13-6-5-12-27(28)29)26-17-15-25(16-18-26)24-10-3-2-4-11-24/h2-6,9-18,21-23,32H,7-8,19-20H2,1H3,(H,34,37)/t23-,32+/m1/s1. The number of fused-ring (bicyclic) bond motifs is 1. The van der Waals surface area contributed by atoms with E-state index < -0.39 is 0 Å². The third-order valence-electron chi connectivity index (χ3n) is 7.45. The van der Waals surface area contributed by atoms with E-state index in [1.54, 1.807) is 11.3 Å². The van der Waals surface area contributed by atoms with Gasteiger partial charge >= 0.3 is 0 Å². The number of thiophene rings is 1. The Kier molecular flexibility index (Phi) is 7.04. The molecule has 4 nitrogen and oxygen atoms in total. The topological polar surface area (TPSA) is 45.2 Å². The minimum Gasteiger partial charge on any atom is -0.348 e. The molecule has 1 amide bonds. The van der Waals surface area contributed by atoms with Crippen LogP contribution in [-0.4, -0.2) is 34.9 Å². The SMILES string of the molecule is C[C@@H](NC(=O)c1cc(-c2ccc(-c3ccccc3)cc2)nc2ccccc12)[C@@H](c1cccs1)N1CCCC1. The molecule has 3 heterocycles. The summed E-state index contributed by atoms with van der Waals surface area (Å²) in [6.07, 6.45) is 2.42. The van der Waals surface area contributed by atoms with Crippen molar-refractivity contribution in [2.45, 2.75) is 31.8 Å². The van der Waals surface area contributed by atoms with Gasteiger partial charge in [0, 0.05) is 21.9 Å². The number of nitrogens with zero attached hydrogens (tertiary/aromatic N) is 2. The second kappa shape index (κ2) is 10.9. The summed E-state index contributed by atoms with van der Waals surface area (Å²) in [5.74, 6) is -0.0565. The van der Waals surface area contributed by atoms with E-state index in [0.29, 0.717) is 5.56 Å². The first-order chi connectivity index (χ1) is 18.7. The fourth-order valence-electron chi connectivity index (χ4n) is 5.56. The van der Waals surface area contributed by atoms with Gasteiger partial charge in [0.05, 0.1) is 22.8 Å². The molecule has 0 spiro atoms. The summed E-state index contributed by atoms with van der Waals surface area (Å²) >= 11 is 1.77. The summed E-state index contributed by atoms with van der Waals surface area (Å²) in [6, 6.07) is 33.0. The maximum absolute atomic E-state index is 13.8. The van der Waals surface area contributed by atoms with Gasteiger partial charge in [0.25, 0.3) is 5.91 Å². The van der Waals surface area contributed by atoms with Gasteiger partial charge in [-0.2, -0.15) is 0 Å². The van der Waals surface area contributed by atoms with E-state index in [1.165, 1.54) is 23.3 Å². The Bertz CT molecular complexity index is 1520. The quantitative estimate of drug-likeness (QED) is 0.242. The summed E-state index contributed by atoms with van der Waals surface area (Å²) in [5, 5.41) is 6.36. The van der Waals surface area contributed by atoms with Crippen molar-refractivity contribution in [3.8, 4) is 22.4 Å². The molecule has 1 fully saturated rings. The maximum Gasteiger partial charge on any atom is 0.252 e. The molecule has 1 saturated heterocycles. The monoisotopic (exact) mass is 517 g/mol. The number of amides is 1. The van der Waals surface area contributed by atoms with E-state index >= 15 is 0 Å². The summed E-state index contributed by atoms with van der Waals surface area (Å²) < 4.78 is 0. The number of para-hydroxylation sites is 1. The van der Waals surface area contributed by atoms with Crippen molar-refractivity contribution in [2.75, 3.05) is 13.1 Å². The number of rotatable bonds is 7. The number of carbonyl (C=O) groups excluding carboxylic acids is 1. The Balaban J connectivity index is 1.32. The van der Waals surface area contributed by atoms with Crippen molar-refractivity contribution in [1.29, 1.82) is 0 Å². The lowest BCUT2D eigenvalue weighted by Gasteiger charge is -2.32. The van der Waals surface area contributed by atoms with E-state index in [9.17, 15) is 4.79 Å². The highest BCUT2D eigenvalue weighted by Gasteiger charge is 2.30. The molecule has 1 aliphatic rings. The predicted octanol–water partition coefficient (Wildman–Crippen LogP) is 7.59. The Labute approximate surface area is 228 Å². The van der Waals surface area contributed by atoms with E-state index in [-0.39, 0.29) is 18.0 Å². The number of hydrogen-bond donors (Lipinski definition) is 1. The highest BCUT2D eigenvalue weighted by Crippen LogP contribution is 2.32. The highest BCUT2D eigenvalue weighted by molar-refractivity contribution is 7.10. The fourth-order valence-corrected chi connectivity index (χ4v) is 6.52. The lowest BCUT2D eigenvalue weighted by molar-refractivity contribution is 0.0909. The number of hydrogen-bond acceptors (Lipinski definition) is 4. The molecule has 0 bridgehead atoms. The van der Waals surface area contributed by atoms with Crippen molar-refractivity contribution in [3.63, 3.8) is 0 Å². The van der Waals surface area contributed by atoms with Crippen LogP contribution in [-0.2, 0) is 0 Å². The molecule has 0 saturated carbocycles. The second-order valence-corrected chi connectivity index (χ2v) is 11.0. The van der Waals surface area contributed by atoms with E-state index in [2.05, 4.69) is 71.1 Å². The lowest BCUT2D eigenvalue weighted by Crippen LogP contribution is -2.43. The molecule has 3 aromatic carbocycles. The van der Waals surface area contributed by atoms with E-state index in [0.717, 1.165) is 40.8 Å². The minimum atomic E-state index is -0.0565. The first-order valence-corrected chi connectivity index (χ1v) is 14.2. The molecule has 1 N–H and O–H groups in total. The summed E-state index contributed by atoms with van der Waals surface area (Å²) in [5.41, 5.74) is 5.61. The number of nitrogens with one attached hydrogen (secondary N) is 1. The minimum absolute atomic E-state index is 0.0280. The average Bonchev–Trinajstić information content (AvgIpc) is 3.69. The summed E-state index contributed by atoms with van der Waals surface area (Å²) in [6.45, 7) is 4.28. The molecule has 0 unspecified atom stereocenters. The van der Waals surface area contributed by atoms with E-state index in [4.69, 9.17) is 4.98 Å². The Hall–Kier alpha value is -3.80. The Morgan fingerprint density at radius 1 is 0.842 bits per heavy atom. The van der Waals surface area contributed by atoms with Crippen molar-refractivity contribution in [3.05, 3.63) is 113 Å². The molecular formula is C33H31N3OS. The number of benzene rings is 3. The molecule has 1 aliphatic heterocycles. The zero-order chi connectivity index (χ0) is 25.9. The fraction of sp³-hybridized carbons (Fsp3) is 0.212. The molecular weight excluding hydrogens is 486 g/mol. The van der Waals surface area contributed by atoms with Gasteiger partial charge in [0.15, 0.2) is 0 Å². The molecule has 0 aliphatic carbocycles. The van der Waals surface area contributed by atoms with Crippen LogP contribution in [0.3, 0.4) is 0 Å². The molecule has 2 aromatic heterocycles. The molecule has 38 heavy (non-hydrogen) atoms. The maximum atomic E-state index is 13.8. The van der Waals surface area contributed by atoms with Crippen LogP contribution in [0.1, 0.15) is 41.0 Å². The van der Waals surface area contributed by atoms with Crippen LogP contribution in [0.4, 0.5) is 0 Å². The smallest absolute Gasteiger partial charge is 0.252 e. The Morgan fingerprint density at radius 3 is 2.26 bits per heavy atom. The molecule has 0 radical (unpaired) electrons. The van der Waals surface area contributed by atoms with Crippen LogP contribution in [0.25, 0.3) is 33.3 Å². The van der Waals surface area contributed by atoms with E-state index in [1.807, 2.05) is 48.5 Å². The van der Waals surface area contributed by atoms with Crippen LogP contribution in [0.15, 0.2) is 102 Å². The van der Waals surface area contributed by atoms with Gasteiger partial charge in [-0.05, 0) is 67.6 Å². The van der Waals surface area contributed by atoms with Crippen molar-refractivity contribution in [1.82, 2.24) is 15.2 Å². The van der Waals surface area contributed by atoms with Gasteiger partial charge in [0.2, 0.25) is 0 Å². The van der Waals surface area contributed by atoms with Gasteiger partial charge in [-0.25, -0.2) is 4.98 Å². The van der Waals surface area contributed by atoms with Crippen molar-refractivity contribution >= 4 is 28.1 Å². The second-order valence-electron chi connectivity index (χ2n) is 9.98. The van der Waals surface area contributed by atoms with Gasteiger partial charge in [-0.15, -0.1) is 11.3 Å².